The molecule has 1 aromatic carbocycles. The molecule has 188 valence electrons. The van der Waals surface area contributed by atoms with Gasteiger partial charge in [0.15, 0.2) is 6.61 Å². The number of nitrogens with zero attached hydrogens (tertiary/aromatic N) is 1. The number of hydrogen-bond donors (Lipinski definition) is 2. The molecule has 1 unspecified atom stereocenters. The third-order valence-corrected chi connectivity index (χ3v) is 7.41. The van der Waals surface area contributed by atoms with E-state index < -0.39 is 5.82 Å². The summed E-state index contributed by atoms with van der Waals surface area (Å²) in [7, 11) is 0. The summed E-state index contributed by atoms with van der Waals surface area (Å²) < 4.78 is 24.6. The van der Waals surface area contributed by atoms with Crippen molar-refractivity contribution in [3.05, 3.63) is 53.1 Å². The topological polar surface area (TPSA) is 89.6 Å². The van der Waals surface area contributed by atoms with Crippen LogP contribution in [0.25, 0.3) is 0 Å². The SMILES string of the molecule is CC(C)Oc1ccc(C(=O)NC23CCC(NC(=O)COc4ccc(Cl)c(F)c4)(CC2)C(C)C3)nc1. The Bertz CT molecular complexity index is 1080. The molecule has 2 N–H and O–H groups in total. The lowest BCUT2D eigenvalue weighted by molar-refractivity contribution is -0.128. The number of ether oxygens (including phenoxy) is 2. The average molecular weight is 504 g/mol. The second-order valence-electron chi connectivity index (χ2n) is 9.95. The highest BCUT2D eigenvalue weighted by molar-refractivity contribution is 6.30. The molecule has 3 saturated carbocycles. The van der Waals surface area contributed by atoms with Crippen LogP contribution in [0.5, 0.6) is 11.5 Å². The molecule has 2 aromatic rings. The van der Waals surface area contributed by atoms with E-state index in [1.807, 2.05) is 13.8 Å². The summed E-state index contributed by atoms with van der Waals surface area (Å²) in [6, 6.07) is 7.51. The average Bonchev–Trinajstić information content (AvgIpc) is 2.81. The first kappa shape index (κ1) is 25.2. The Hall–Kier alpha value is -2.87. The summed E-state index contributed by atoms with van der Waals surface area (Å²) in [5.74, 6) is -0.000877. The van der Waals surface area contributed by atoms with Crippen LogP contribution in [0.2, 0.25) is 5.02 Å². The lowest BCUT2D eigenvalue weighted by Gasteiger charge is -2.57. The molecule has 7 nitrogen and oxygen atoms in total. The molecule has 3 fully saturated rings. The molecule has 3 aliphatic rings. The summed E-state index contributed by atoms with van der Waals surface area (Å²) in [6.07, 6.45) is 5.40. The van der Waals surface area contributed by atoms with Gasteiger partial charge in [0, 0.05) is 17.1 Å². The minimum absolute atomic E-state index is 0.00226. The maximum Gasteiger partial charge on any atom is 0.270 e. The summed E-state index contributed by atoms with van der Waals surface area (Å²) in [5, 5.41) is 6.40. The zero-order valence-corrected chi connectivity index (χ0v) is 21.0. The van der Waals surface area contributed by atoms with Crippen LogP contribution in [0.1, 0.15) is 63.4 Å². The summed E-state index contributed by atoms with van der Waals surface area (Å²) in [5.41, 5.74) is -0.295. The van der Waals surface area contributed by atoms with Gasteiger partial charge < -0.3 is 20.1 Å². The zero-order valence-electron chi connectivity index (χ0n) is 20.2. The van der Waals surface area contributed by atoms with E-state index in [-0.39, 0.29) is 52.3 Å². The third kappa shape index (κ3) is 5.69. The van der Waals surface area contributed by atoms with Crippen molar-refractivity contribution in [1.29, 1.82) is 0 Å². The van der Waals surface area contributed by atoms with Crippen LogP contribution in [-0.2, 0) is 4.79 Å². The summed E-state index contributed by atoms with van der Waals surface area (Å²) >= 11 is 5.69. The summed E-state index contributed by atoms with van der Waals surface area (Å²) in [6.45, 7) is 5.76. The largest absolute Gasteiger partial charge is 0.489 e. The fourth-order valence-corrected chi connectivity index (χ4v) is 5.39. The van der Waals surface area contributed by atoms with Crippen LogP contribution >= 0.6 is 11.6 Å². The first-order chi connectivity index (χ1) is 16.6. The van der Waals surface area contributed by atoms with Crippen LogP contribution in [0.3, 0.4) is 0 Å². The maximum absolute atomic E-state index is 13.6. The fourth-order valence-electron chi connectivity index (χ4n) is 5.27. The van der Waals surface area contributed by atoms with Crippen molar-refractivity contribution >= 4 is 23.4 Å². The normalized spacial score (nSPS) is 25.3. The van der Waals surface area contributed by atoms with Gasteiger partial charge in [-0.3, -0.25) is 9.59 Å². The molecule has 2 bridgehead atoms. The Balaban J connectivity index is 1.32. The zero-order chi connectivity index (χ0) is 25.2. The number of rotatable bonds is 8. The van der Waals surface area contributed by atoms with Crippen LogP contribution < -0.4 is 20.1 Å². The van der Waals surface area contributed by atoms with Crippen molar-refractivity contribution < 1.29 is 23.5 Å². The van der Waals surface area contributed by atoms with E-state index in [2.05, 4.69) is 22.5 Å². The third-order valence-electron chi connectivity index (χ3n) is 7.11. The number of benzene rings is 1. The minimum atomic E-state index is -0.593. The van der Waals surface area contributed by atoms with Gasteiger partial charge in [0.25, 0.3) is 11.8 Å². The van der Waals surface area contributed by atoms with Crippen LogP contribution in [0.4, 0.5) is 4.39 Å². The molecule has 0 aliphatic heterocycles. The number of pyridine rings is 1. The van der Waals surface area contributed by atoms with E-state index in [1.54, 1.807) is 18.3 Å². The smallest absolute Gasteiger partial charge is 0.270 e. The number of carbonyl (C=O) groups is 2. The van der Waals surface area contributed by atoms with Crippen LogP contribution in [0, 0.1) is 11.7 Å². The second kappa shape index (κ2) is 10.0. The minimum Gasteiger partial charge on any atom is -0.489 e. The number of amides is 2. The lowest BCUT2D eigenvalue weighted by Crippen LogP contribution is -2.67. The highest BCUT2D eigenvalue weighted by Gasteiger charge is 2.54. The van der Waals surface area contributed by atoms with Gasteiger partial charge in [-0.2, -0.15) is 0 Å². The Morgan fingerprint density at radius 1 is 1.14 bits per heavy atom. The maximum atomic E-state index is 13.6. The van der Waals surface area contributed by atoms with Gasteiger partial charge in [-0.25, -0.2) is 9.37 Å². The van der Waals surface area contributed by atoms with Gasteiger partial charge in [-0.05, 0) is 76.1 Å². The van der Waals surface area contributed by atoms with Gasteiger partial charge in [-0.1, -0.05) is 18.5 Å². The first-order valence-electron chi connectivity index (χ1n) is 11.9. The highest BCUT2D eigenvalue weighted by atomic mass is 35.5. The monoisotopic (exact) mass is 503 g/mol. The molecular weight excluding hydrogens is 473 g/mol. The Morgan fingerprint density at radius 2 is 1.86 bits per heavy atom. The molecule has 0 spiro atoms. The molecule has 9 heteroatoms. The first-order valence-corrected chi connectivity index (χ1v) is 12.3. The van der Waals surface area contributed by atoms with Gasteiger partial charge in [0.2, 0.25) is 0 Å². The molecule has 35 heavy (non-hydrogen) atoms. The second-order valence-corrected chi connectivity index (χ2v) is 10.4. The van der Waals surface area contributed by atoms with Crippen molar-refractivity contribution in [1.82, 2.24) is 15.6 Å². The Morgan fingerprint density at radius 3 is 2.46 bits per heavy atom. The van der Waals surface area contributed by atoms with Crippen molar-refractivity contribution in [2.75, 3.05) is 6.61 Å². The standard InChI is InChI=1S/C26H31ClFN3O4/c1-16(2)35-19-5-7-22(29-14-19)24(33)31-25-8-10-26(11-9-25,17(3)13-25)30-23(32)15-34-18-4-6-20(27)21(28)12-18/h4-7,12,14,16-17H,8-11,13,15H2,1-3H3,(H,30,32)(H,31,33). The van der Waals surface area contributed by atoms with Crippen molar-refractivity contribution in [2.24, 2.45) is 5.92 Å². The quantitative estimate of drug-likeness (QED) is 0.546. The Labute approximate surface area is 209 Å². The molecule has 1 aromatic heterocycles. The molecule has 1 atom stereocenters. The van der Waals surface area contributed by atoms with E-state index in [9.17, 15) is 14.0 Å². The molecule has 5 rings (SSSR count). The van der Waals surface area contributed by atoms with Gasteiger partial charge in [-0.15, -0.1) is 0 Å². The van der Waals surface area contributed by atoms with Crippen molar-refractivity contribution in [2.45, 2.75) is 70.1 Å². The number of fused-ring (bicyclic) bond motifs is 3. The number of carbonyl (C=O) groups excluding carboxylic acids is 2. The van der Waals surface area contributed by atoms with Gasteiger partial charge in [0.1, 0.15) is 23.0 Å². The molecular formula is C26H31ClFN3O4. The predicted molar refractivity (Wildman–Crippen MR) is 130 cm³/mol. The molecule has 3 aliphatic carbocycles. The molecule has 2 amide bonds. The van der Waals surface area contributed by atoms with Crippen molar-refractivity contribution in [3.8, 4) is 11.5 Å². The highest BCUT2D eigenvalue weighted by Crippen LogP contribution is 2.50. The van der Waals surface area contributed by atoms with E-state index in [0.717, 1.165) is 38.2 Å². The number of aromatic nitrogens is 1. The molecule has 0 saturated heterocycles. The van der Waals surface area contributed by atoms with Gasteiger partial charge >= 0.3 is 0 Å². The lowest BCUT2D eigenvalue weighted by atomic mass is 9.56. The number of hydrogen-bond acceptors (Lipinski definition) is 5. The fraction of sp³-hybridized carbons (Fsp3) is 0.500. The number of halogens is 2. The predicted octanol–water partition coefficient (Wildman–Crippen LogP) is 4.68. The van der Waals surface area contributed by atoms with Crippen molar-refractivity contribution in [3.63, 3.8) is 0 Å². The van der Waals surface area contributed by atoms with Crippen LogP contribution in [-0.4, -0.2) is 40.6 Å². The summed E-state index contributed by atoms with van der Waals surface area (Å²) in [4.78, 5) is 29.8. The van der Waals surface area contributed by atoms with E-state index >= 15 is 0 Å². The van der Waals surface area contributed by atoms with E-state index in [4.69, 9.17) is 21.1 Å². The molecule has 0 radical (unpaired) electrons. The Kier molecular flexibility index (Phi) is 7.22. The van der Waals surface area contributed by atoms with E-state index in [1.165, 1.54) is 12.1 Å². The van der Waals surface area contributed by atoms with E-state index in [0.29, 0.717) is 11.4 Å². The van der Waals surface area contributed by atoms with Gasteiger partial charge in [0.05, 0.1) is 17.3 Å². The number of nitrogens with one attached hydrogen (secondary N) is 2. The molecule has 1 heterocycles. The van der Waals surface area contributed by atoms with Crippen LogP contribution in [0.15, 0.2) is 36.5 Å².